The Morgan fingerprint density at radius 2 is 1.78 bits per heavy atom. The fourth-order valence-corrected chi connectivity index (χ4v) is 2.73. The number of carbonyl (C=O) groups excluding carboxylic acids is 2. The number of nitrogens with zero attached hydrogens (tertiary/aromatic N) is 3. The minimum Gasteiger partial charge on any atom is -0.383 e. The van der Waals surface area contributed by atoms with Crippen LogP contribution in [0.4, 0.5) is 16.2 Å². The zero-order chi connectivity index (χ0) is 19.6. The van der Waals surface area contributed by atoms with E-state index in [1.54, 1.807) is 24.1 Å². The maximum Gasteiger partial charge on any atom is 0.317 e. The van der Waals surface area contributed by atoms with Crippen molar-refractivity contribution in [1.82, 2.24) is 15.5 Å². The van der Waals surface area contributed by atoms with Crippen LogP contribution in [0.3, 0.4) is 0 Å². The molecular formula is C17H25N5O5. The fourth-order valence-electron chi connectivity index (χ4n) is 2.73. The Labute approximate surface area is 157 Å². The number of urea groups is 1. The molecule has 1 aliphatic heterocycles. The van der Waals surface area contributed by atoms with Gasteiger partial charge in [0.1, 0.15) is 0 Å². The van der Waals surface area contributed by atoms with E-state index in [0.717, 1.165) is 5.69 Å². The summed E-state index contributed by atoms with van der Waals surface area (Å²) in [6.45, 7) is 3.56. The highest BCUT2D eigenvalue weighted by Crippen LogP contribution is 2.20. The van der Waals surface area contributed by atoms with Gasteiger partial charge in [-0.05, 0) is 12.1 Å². The maximum atomic E-state index is 12.2. The number of rotatable bonds is 8. The van der Waals surface area contributed by atoms with Crippen LogP contribution in [0, 0.1) is 10.1 Å². The smallest absolute Gasteiger partial charge is 0.317 e. The largest absolute Gasteiger partial charge is 0.383 e. The lowest BCUT2D eigenvalue weighted by Crippen LogP contribution is -2.52. The summed E-state index contributed by atoms with van der Waals surface area (Å²) in [5.74, 6) is -0.129. The van der Waals surface area contributed by atoms with Crippen LogP contribution in [-0.2, 0) is 9.53 Å². The van der Waals surface area contributed by atoms with Crippen LogP contribution in [0.5, 0.6) is 0 Å². The van der Waals surface area contributed by atoms with Gasteiger partial charge < -0.3 is 25.2 Å². The van der Waals surface area contributed by atoms with E-state index in [1.165, 1.54) is 12.1 Å². The topological polar surface area (TPSA) is 117 Å². The first-order chi connectivity index (χ1) is 13.0. The normalized spacial score (nSPS) is 14.0. The molecule has 0 spiro atoms. The summed E-state index contributed by atoms with van der Waals surface area (Å²) in [5.41, 5.74) is 0.955. The number of non-ortho nitro benzene ring substituents is 1. The zero-order valence-corrected chi connectivity index (χ0v) is 15.3. The average molecular weight is 379 g/mol. The molecule has 0 unspecified atom stereocenters. The van der Waals surface area contributed by atoms with Crippen molar-refractivity contribution < 1.29 is 19.2 Å². The van der Waals surface area contributed by atoms with Gasteiger partial charge in [-0.25, -0.2) is 4.79 Å². The van der Waals surface area contributed by atoms with Crippen molar-refractivity contribution in [1.29, 1.82) is 0 Å². The Morgan fingerprint density at radius 3 is 2.37 bits per heavy atom. The monoisotopic (exact) mass is 379 g/mol. The van der Waals surface area contributed by atoms with Crippen molar-refractivity contribution in [2.45, 2.75) is 6.42 Å². The van der Waals surface area contributed by atoms with E-state index in [2.05, 4.69) is 15.5 Å². The second-order valence-corrected chi connectivity index (χ2v) is 6.07. The van der Waals surface area contributed by atoms with Crippen LogP contribution in [-0.4, -0.2) is 74.7 Å². The molecule has 0 radical (unpaired) electrons. The molecule has 0 aromatic heterocycles. The van der Waals surface area contributed by atoms with E-state index in [-0.39, 0.29) is 30.6 Å². The van der Waals surface area contributed by atoms with Gasteiger partial charge in [0.25, 0.3) is 5.69 Å². The van der Waals surface area contributed by atoms with Gasteiger partial charge in [-0.3, -0.25) is 14.9 Å². The molecule has 1 aliphatic rings. The Kier molecular flexibility index (Phi) is 7.80. The third-order valence-electron chi connectivity index (χ3n) is 4.25. The molecule has 27 heavy (non-hydrogen) atoms. The number of hydrogen-bond donors (Lipinski definition) is 2. The first kappa shape index (κ1) is 20.4. The molecule has 0 atom stereocenters. The quantitative estimate of drug-likeness (QED) is 0.388. The number of amides is 3. The van der Waals surface area contributed by atoms with Gasteiger partial charge in [-0.2, -0.15) is 0 Å². The number of nitro groups is 1. The molecule has 10 nitrogen and oxygen atoms in total. The highest BCUT2D eigenvalue weighted by Gasteiger charge is 2.21. The van der Waals surface area contributed by atoms with Crippen LogP contribution in [0.25, 0.3) is 0 Å². The van der Waals surface area contributed by atoms with Gasteiger partial charge in [-0.1, -0.05) is 0 Å². The van der Waals surface area contributed by atoms with Crippen LogP contribution in [0.1, 0.15) is 6.42 Å². The number of nitro benzene ring substituents is 1. The molecular weight excluding hydrogens is 354 g/mol. The van der Waals surface area contributed by atoms with Crippen molar-refractivity contribution in [3.05, 3.63) is 34.4 Å². The molecule has 1 heterocycles. The molecule has 0 saturated carbocycles. The van der Waals surface area contributed by atoms with Gasteiger partial charge in [0.15, 0.2) is 0 Å². The maximum absolute atomic E-state index is 12.2. The number of nitrogens with one attached hydrogen (secondary N) is 2. The number of methoxy groups -OCH3 is 1. The number of benzene rings is 1. The Hall–Kier alpha value is -2.88. The van der Waals surface area contributed by atoms with Crippen molar-refractivity contribution in [3.8, 4) is 0 Å². The van der Waals surface area contributed by atoms with E-state index in [0.29, 0.717) is 39.3 Å². The molecule has 148 valence electrons. The number of hydrogen-bond acceptors (Lipinski definition) is 6. The second kappa shape index (κ2) is 10.3. The molecule has 1 saturated heterocycles. The average Bonchev–Trinajstić information content (AvgIpc) is 2.68. The standard InChI is InChI=1S/C17H25N5O5/c1-27-13-8-18-16(23)6-7-19-17(24)21-11-9-20(10-12-21)14-2-4-15(5-3-14)22(25)26/h2-5H,6-13H2,1H3,(H,18,23)(H,19,24). The predicted molar refractivity (Wildman–Crippen MR) is 99.8 cm³/mol. The van der Waals surface area contributed by atoms with Crippen LogP contribution in [0.15, 0.2) is 24.3 Å². The molecule has 0 aliphatic carbocycles. The SMILES string of the molecule is COCCNC(=O)CCNC(=O)N1CCN(c2ccc([N+](=O)[O-])cc2)CC1. The third kappa shape index (κ3) is 6.41. The van der Waals surface area contributed by atoms with Crippen molar-refractivity contribution >= 4 is 23.3 Å². The number of piperazine rings is 1. The number of anilines is 1. The van der Waals surface area contributed by atoms with Gasteiger partial charge in [0.05, 0.1) is 11.5 Å². The molecule has 2 N–H and O–H groups in total. The lowest BCUT2D eigenvalue weighted by molar-refractivity contribution is -0.384. The lowest BCUT2D eigenvalue weighted by Gasteiger charge is -2.36. The molecule has 1 aromatic carbocycles. The third-order valence-corrected chi connectivity index (χ3v) is 4.25. The summed E-state index contributed by atoms with van der Waals surface area (Å²) in [7, 11) is 1.56. The van der Waals surface area contributed by atoms with Crippen molar-refractivity contribution in [2.75, 3.05) is 57.9 Å². The molecule has 1 fully saturated rings. The van der Waals surface area contributed by atoms with Gasteiger partial charge >= 0.3 is 6.03 Å². The van der Waals surface area contributed by atoms with Crippen LogP contribution >= 0.6 is 0 Å². The van der Waals surface area contributed by atoms with Gasteiger partial charge in [0, 0.05) is 70.6 Å². The zero-order valence-electron chi connectivity index (χ0n) is 15.3. The number of ether oxygens (including phenoxy) is 1. The summed E-state index contributed by atoms with van der Waals surface area (Å²) >= 11 is 0. The van der Waals surface area contributed by atoms with E-state index in [1.807, 2.05) is 0 Å². The fraction of sp³-hybridized carbons (Fsp3) is 0.529. The Bertz CT molecular complexity index is 644. The van der Waals surface area contributed by atoms with Crippen molar-refractivity contribution in [3.63, 3.8) is 0 Å². The highest BCUT2D eigenvalue weighted by molar-refractivity contribution is 5.78. The summed E-state index contributed by atoms with van der Waals surface area (Å²) in [5, 5.41) is 16.2. The van der Waals surface area contributed by atoms with Crippen LogP contribution in [0.2, 0.25) is 0 Å². The van der Waals surface area contributed by atoms with E-state index in [4.69, 9.17) is 4.74 Å². The van der Waals surface area contributed by atoms with E-state index < -0.39 is 4.92 Å². The van der Waals surface area contributed by atoms with Crippen LogP contribution < -0.4 is 15.5 Å². The number of carbonyl (C=O) groups is 2. The predicted octanol–water partition coefficient (Wildman–Crippen LogP) is 0.579. The minimum absolute atomic E-state index is 0.0584. The highest BCUT2D eigenvalue weighted by atomic mass is 16.6. The van der Waals surface area contributed by atoms with E-state index >= 15 is 0 Å². The summed E-state index contributed by atoms with van der Waals surface area (Å²) in [4.78, 5) is 37.8. The lowest BCUT2D eigenvalue weighted by atomic mass is 10.2. The van der Waals surface area contributed by atoms with Gasteiger partial charge in [-0.15, -0.1) is 0 Å². The summed E-state index contributed by atoms with van der Waals surface area (Å²) in [6, 6.07) is 6.20. The molecule has 0 bridgehead atoms. The van der Waals surface area contributed by atoms with E-state index in [9.17, 15) is 19.7 Å². The second-order valence-electron chi connectivity index (χ2n) is 6.07. The summed E-state index contributed by atoms with van der Waals surface area (Å²) < 4.78 is 4.85. The summed E-state index contributed by atoms with van der Waals surface area (Å²) in [6.07, 6.45) is 0.220. The Balaban J connectivity index is 1.69. The first-order valence-corrected chi connectivity index (χ1v) is 8.79. The van der Waals surface area contributed by atoms with Crippen molar-refractivity contribution in [2.24, 2.45) is 0 Å². The Morgan fingerprint density at radius 1 is 1.11 bits per heavy atom. The first-order valence-electron chi connectivity index (χ1n) is 8.79. The molecule has 1 aromatic rings. The molecule has 2 rings (SSSR count). The van der Waals surface area contributed by atoms with Gasteiger partial charge in [0.2, 0.25) is 5.91 Å². The minimum atomic E-state index is -0.427. The molecule has 3 amide bonds. The molecule has 10 heteroatoms.